The molecule has 0 radical (unpaired) electrons. The molecule has 4 N–H and O–H groups in total. The van der Waals surface area contributed by atoms with E-state index < -0.39 is 10.2 Å². The van der Waals surface area contributed by atoms with Gasteiger partial charge in [-0.15, -0.1) is 10.1 Å². The summed E-state index contributed by atoms with van der Waals surface area (Å²) in [6.45, 7) is 0. The first-order valence-corrected chi connectivity index (χ1v) is 1.11. The normalized spacial score (nSPS) is 4.80. The number of nitrogens with zero attached hydrogens (tertiary/aromatic N) is 2. The summed E-state index contributed by atoms with van der Waals surface area (Å²) in [5.74, 6) is 0. The molecule has 10 heavy (non-hydrogen) atoms. The summed E-state index contributed by atoms with van der Waals surface area (Å²) in [5.41, 5.74) is 0. The van der Waals surface area contributed by atoms with Crippen LogP contribution >= 0.6 is 0 Å². The Morgan fingerprint density at radius 1 is 1.10 bits per heavy atom. The van der Waals surface area contributed by atoms with E-state index in [2.05, 4.69) is 0 Å². The first kappa shape index (κ1) is 22.8. The van der Waals surface area contributed by atoms with Crippen LogP contribution in [-0.2, 0) is 0 Å². The molecule has 0 aromatic heterocycles. The van der Waals surface area contributed by atoms with Crippen molar-refractivity contribution in [2.24, 2.45) is 0 Å². The zero-order valence-electron chi connectivity index (χ0n) is 5.09. The van der Waals surface area contributed by atoms with Gasteiger partial charge in [-0.2, -0.15) is 0 Å². The van der Waals surface area contributed by atoms with Crippen molar-refractivity contribution in [1.29, 1.82) is 0 Å². The van der Waals surface area contributed by atoms with Crippen molar-refractivity contribution in [3.63, 3.8) is 0 Å². The second-order valence-corrected chi connectivity index (χ2v) is 0.461. The summed E-state index contributed by atoms with van der Waals surface area (Å²) in [7, 11) is 0. The first-order chi connectivity index (χ1) is 3.46. The minimum atomic E-state index is -1.75. The third-order valence-electron chi connectivity index (χ3n) is 0. The van der Waals surface area contributed by atoms with Gasteiger partial charge < -0.3 is 26.7 Å². The number of hydrogen-bond donors (Lipinski definition) is 2. The molecule has 0 amide bonds. The molecule has 0 aliphatic rings. The third kappa shape index (κ3) is 727. The largest absolute Gasteiger partial charge is 1.00 e. The van der Waals surface area contributed by atoms with Crippen LogP contribution in [0.25, 0.3) is 0 Å². The molecule has 0 aliphatic heterocycles. The maximum atomic E-state index is 8.36. The zero-order valence-corrected chi connectivity index (χ0v) is 7.09. The van der Waals surface area contributed by atoms with E-state index >= 15 is 0 Å². The predicted octanol–water partition coefficient (Wildman–Crippen LogP) is -3.42. The summed E-state index contributed by atoms with van der Waals surface area (Å²) in [5, 5.41) is 28.4. The topological polar surface area (TPSA) is 165 Å². The average Bonchev–Trinajstić information content (AvgIpc) is 1.25. The van der Waals surface area contributed by atoms with E-state index in [9.17, 15) is 0 Å². The van der Waals surface area contributed by atoms with Gasteiger partial charge in [0.25, 0.3) is 5.09 Å². The molecular weight excluding hydrogens is 161 g/mol. The summed E-state index contributed by atoms with van der Waals surface area (Å²) in [6, 6.07) is 0. The monoisotopic (exact) mass is 165 g/mol. The van der Waals surface area contributed by atoms with E-state index in [1.807, 2.05) is 0 Å². The standard InChI is InChI=1S/HNO3.NO3.H3N.Na/c2*2-1(3)4;;/h(H,2,3,4);;1H3;/q;-1;;+1. The molecule has 0 spiro atoms. The Hall–Kier alpha value is -0.640. The molecule has 0 saturated carbocycles. The van der Waals surface area contributed by atoms with Crippen molar-refractivity contribution < 1.29 is 44.9 Å². The van der Waals surface area contributed by atoms with Gasteiger partial charge in [-0.05, 0) is 0 Å². The molecule has 0 bridgehead atoms. The Morgan fingerprint density at radius 2 is 1.10 bits per heavy atom. The molecule has 0 aromatic rings. The second-order valence-electron chi connectivity index (χ2n) is 0.461. The Balaban J connectivity index is -0.0000000300. The van der Waals surface area contributed by atoms with Crippen molar-refractivity contribution >= 4 is 0 Å². The molecule has 9 nitrogen and oxygen atoms in total. The van der Waals surface area contributed by atoms with Gasteiger partial charge in [0, 0.05) is 0 Å². The minimum Gasteiger partial charge on any atom is -0.356 e. The van der Waals surface area contributed by atoms with Crippen LogP contribution in [0.1, 0.15) is 0 Å². The Morgan fingerprint density at radius 3 is 1.10 bits per heavy atom. The fourth-order valence-corrected chi connectivity index (χ4v) is 0. The van der Waals surface area contributed by atoms with Gasteiger partial charge in [0.2, 0.25) is 0 Å². The molecule has 0 saturated heterocycles. The van der Waals surface area contributed by atoms with Crippen LogP contribution < -0.4 is 35.7 Å². The smallest absolute Gasteiger partial charge is 0.356 e. The molecule has 56 valence electrons. The molecule has 0 unspecified atom stereocenters. The number of hydrogen-bond acceptors (Lipinski definition) is 6. The van der Waals surface area contributed by atoms with E-state index in [0.717, 1.165) is 0 Å². The second kappa shape index (κ2) is 15.8. The summed E-state index contributed by atoms with van der Waals surface area (Å²) in [4.78, 5) is 16.6. The summed E-state index contributed by atoms with van der Waals surface area (Å²) < 4.78 is 0. The maximum Gasteiger partial charge on any atom is 1.00 e. The van der Waals surface area contributed by atoms with Crippen LogP contribution in [0, 0.1) is 25.4 Å². The van der Waals surface area contributed by atoms with Crippen LogP contribution in [-0.4, -0.2) is 15.4 Å². The van der Waals surface area contributed by atoms with E-state index in [1.165, 1.54) is 0 Å². The van der Waals surface area contributed by atoms with Gasteiger partial charge in [-0.1, -0.05) is 0 Å². The van der Waals surface area contributed by atoms with Gasteiger partial charge in [0.15, 0.2) is 0 Å². The molecule has 0 heterocycles. The zero-order chi connectivity index (χ0) is 7.15. The van der Waals surface area contributed by atoms with Gasteiger partial charge in [-0.25, -0.2) is 0 Å². The molecule has 0 atom stereocenters. The number of rotatable bonds is 0. The van der Waals surface area contributed by atoms with E-state index in [-0.39, 0.29) is 35.7 Å². The Kier molecular flexibility index (Phi) is 35.9. The fourth-order valence-electron chi connectivity index (χ4n) is 0. The van der Waals surface area contributed by atoms with E-state index in [0.29, 0.717) is 0 Å². The minimum absolute atomic E-state index is 0. The molecular formula is H4N3NaO6. The fraction of sp³-hybridized carbons (Fsp3) is 0. The molecule has 0 fully saturated rings. The molecule has 0 aromatic carbocycles. The van der Waals surface area contributed by atoms with Crippen LogP contribution in [0.3, 0.4) is 0 Å². The van der Waals surface area contributed by atoms with Crippen LogP contribution in [0.15, 0.2) is 0 Å². The Bertz CT molecular complexity index is 71.0. The van der Waals surface area contributed by atoms with Crippen molar-refractivity contribution in [2.75, 3.05) is 0 Å². The van der Waals surface area contributed by atoms with Crippen molar-refractivity contribution in [3.05, 3.63) is 25.4 Å². The van der Waals surface area contributed by atoms with Gasteiger partial charge >= 0.3 is 29.6 Å². The molecule has 0 rings (SSSR count). The third-order valence-corrected chi connectivity index (χ3v) is 0. The Labute approximate surface area is 76.7 Å². The van der Waals surface area contributed by atoms with Crippen molar-refractivity contribution in [2.45, 2.75) is 0 Å². The van der Waals surface area contributed by atoms with Crippen molar-refractivity contribution in [1.82, 2.24) is 6.15 Å². The predicted molar refractivity (Wildman–Crippen MR) is 24.2 cm³/mol. The summed E-state index contributed by atoms with van der Waals surface area (Å²) in [6.07, 6.45) is 0. The van der Waals surface area contributed by atoms with E-state index in [1.54, 1.807) is 0 Å². The van der Waals surface area contributed by atoms with E-state index in [4.69, 9.17) is 30.6 Å². The van der Waals surface area contributed by atoms with Gasteiger partial charge in [0.05, 0.1) is 5.09 Å². The molecule has 10 heteroatoms. The maximum absolute atomic E-state index is 8.36. The quantitative estimate of drug-likeness (QED) is 0.214. The average molecular weight is 165 g/mol. The SMILES string of the molecule is N.O=[N+]([O-])O.O=[N+]([O-])[O-].[Na+]. The summed E-state index contributed by atoms with van der Waals surface area (Å²) >= 11 is 0. The van der Waals surface area contributed by atoms with Crippen LogP contribution in [0.2, 0.25) is 0 Å². The van der Waals surface area contributed by atoms with Crippen molar-refractivity contribution in [3.8, 4) is 0 Å². The molecule has 0 aliphatic carbocycles. The van der Waals surface area contributed by atoms with Gasteiger partial charge in [0.1, 0.15) is 0 Å². The van der Waals surface area contributed by atoms with Crippen LogP contribution in [0.5, 0.6) is 0 Å². The van der Waals surface area contributed by atoms with Crippen LogP contribution in [0.4, 0.5) is 0 Å². The first-order valence-electron chi connectivity index (χ1n) is 1.11. The van der Waals surface area contributed by atoms with Gasteiger partial charge in [-0.3, -0.25) is 0 Å².